The predicted octanol–water partition coefficient (Wildman–Crippen LogP) is 1.93. The first kappa shape index (κ1) is 18.6. The first-order valence-electron chi connectivity index (χ1n) is 9.00. The zero-order valence-electron chi connectivity index (χ0n) is 16.1. The summed E-state index contributed by atoms with van der Waals surface area (Å²) >= 11 is 0. The maximum absolute atomic E-state index is 11.8. The lowest BCUT2D eigenvalue weighted by Crippen LogP contribution is -2.36. The van der Waals surface area contributed by atoms with Crippen LogP contribution >= 0.6 is 0 Å². The third kappa shape index (κ3) is 4.31. The van der Waals surface area contributed by atoms with E-state index in [1.54, 1.807) is 19.0 Å². The lowest BCUT2D eigenvalue weighted by atomic mass is 9.98. The van der Waals surface area contributed by atoms with Gasteiger partial charge in [0.25, 0.3) is 0 Å². The fraction of sp³-hybridized carbons (Fsp3) is 0.500. The van der Waals surface area contributed by atoms with Gasteiger partial charge in [-0.1, -0.05) is 29.8 Å². The van der Waals surface area contributed by atoms with Gasteiger partial charge in [-0.3, -0.25) is 9.69 Å². The van der Waals surface area contributed by atoms with Gasteiger partial charge < -0.3 is 14.2 Å². The van der Waals surface area contributed by atoms with E-state index in [2.05, 4.69) is 45.6 Å². The minimum Gasteiger partial charge on any atom is -0.371 e. The maximum Gasteiger partial charge on any atom is 0.248 e. The minimum atomic E-state index is -0.0114. The number of benzene rings is 1. The number of ether oxygens (including phenoxy) is 1. The lowest BCUT2D eigenvalue weighted by molar-refractivity contribution is -0.133. The van der Waals surface area contributed by atoms with Crippen LogP contribution in [0.1, 0.15) is 28.4 Å². The zero-order valence-corrected chi connectivity index (χ0v) is 16.1. The molecule has 1 aromatic heterocycles. The third-order valence-corrected chi connectivity index (χ3v) is 4.83. The van der Waals surface area contributed by atoms with Crippen LogP contribution in [-0.2, 0) is 29.7 Å². The molecule has 0 saturated heterocycles. The van der Waals surface area contributed by atoms with Crippen molar-refractivity contribution < 1.29 is 9.53 Å². The van der Waals surface area contributed by atoms with E-state index in [0.29, 0.717) is 6.61 Å². The van der Waals surface area contributed by atoms with Crippen molar-refractivity contribution in [3.63, 3.8) is 0 Å². The van der Waals surface area contributed by atoms with E-state index in [1.807, 2.05) is 13.4 Å². The highest BCUT2D eigenvalue weighted by Crippen LogP contribution is 2.28. The number of hydrogen-bond donors (Lipinski definition) is 0. The van der Waals surface area contributed by atoms with E-state index in [-0.39, 0.29) is 18.4 Å². The van der Waals surface area contributed by atoms with E-state index < -0.39 is 0 Å². The van der Waals surface area contributed by atoms with E-state index >= 15 is 0 Å². The Bertz CT molecular complexity index is 769. The van der Waals surface area contributed by atoms with Gasteiger partial charge in [0.15, 0.2) is 0 Å². The van der Waals surface area contributed by atoms with Gasteiger partial charge in [-0.2, -0.15) is 0 Å². The van der Waals surface area contributed by atoms with Gasteiger partial charge in [-0.25, -0.2) is 4.98 Å². The summed E-state index contributed by atoms with van der Waals surface area (Å²) in [4.78, 5) is 20.3. The topological polar surface area (TPSA) is 50.6 Å². The second kappa shape index (κ2) is 8.01. The first-order chi connectivity index (χ1) is 12.4. The molecule has 3 rings (SSSR count). The summed E-state index contributed by atoms with van der Waals surface area (Å²) in [6, 6.07) is 8.63. The van der Waals surface area contributed by atoms with E-state index in [0.717, 1.165) is 25.3 Å². The van der Waals surface area contributed by atoms with E-state index in [4.69, 9.17) is 4.74 Å². The van der Waals surface area contributed by atoms with E-state index in [1.165, 1.54) is 16.8 Å². The Hall–Kier alpha value is -2.18. The summed E-state index contributed by atoms with van der Waals surface area (Å²) in [6.45, 7) is 5.40. The van der Waals surface area contributed by atoms with Gasteiger partial charge in [0.1, 0.15) is 6.61 Å². The smallest absolute Gasteiger partial charge is 0.248 e. The average Bonchev–Trinajstić information content (AvgIpc) is 2.96. The molecule has 26 heavy (non-hydrogen) atoms. The molecule has 1 atom stereocenters. The Kier molecular flexibility index (Phi) is 5.74. The molecule has 0 aliphatic carbocycles. The molecule has 0 saturated carbocycles. The van der Waals surface area contributed by atoms with Crippen molar-refractivity contribution >= 4 is 5.91 Å². The highest BCUT2D eigenvalue weighted by molar-refractivity contribution is 5.76. The Morgan fingerprint density at radius 1 is 1.38 bits per heavy atom. The van der Waals surface area contributed by atoms with Crippen molar-refractivity contribution in [2.24, 2.45) is 7.05 Å². The molecule has 6 nitrogen and oxygen atoms in total. The lowest BCUT2D eigenvalue weighted by Gasteiger charge is -2.33. The van der Waals surface area contributed by atoms with Crippen LogP contribution in [0.25, 0.3) is 0 Å². The van der Waals surface area contributed by atoms with E-state index in [9.17, 15) is 4.79 Å². The standard InChI is InChI=1S/C20H28N4O2/c1-15-6-5-7-16(8-15)9-24-10-17(12-26-13-19(25)22(2)3)20-18(11-24)21-14-23(20)4/h5-8,14,17H,9-13H2,1-4H3. The third-order valence-electron chi connectivity index (χ3n) is 4.83. The summed E-state index contributed by atoms with van der Waals surface area (Å²) in [6.07, 6.45) is 1.87. The Labute approximate surface area is 155 Å². The van der Waals surface area contributed by atoms with Gasteiger partial charge in [0.2, 0.25) is 5.91 Å². The Morgan fingerprint density at radius 2 is 2.19 bits per heavy atom. The molecule has 6 heteroatoms. The molecule has 0 bridgehead atoms. The molecule has 2 heterocycles. The molecule has 1 aliphatic rings. The van der Waals surface area contributed by atoms with Crippen molar-refractivity contribution in [2.45, 2.75) is 25.9 Å². The molecule has 1 unspecified atom stereocenters. The highest BCUT2D eigenvalue weighted by atomic mass is 16.5. The Balaban J connectivity index is 1.69. The fourth-order valence-electron chi connectivity index (χ4n) is 3.55. The second-order valence-corrected chi connectivity index (χ2v) is 7.35. The molecule has 0 radical (unpaired) electrons. The Morgan fingerprint density at radius 3 is 2.92 bits per heavy atom. The number of rotatable bonds is 6. The molecule has 1 aliphatic heterocycles. The van der Waals surface area contributed by atoms with Crippen LogP contribution in [0, 0.1) is 6.92 Å². The maximum atomic E-state index is 11.8. The summed E-state index contributed by atoms with van der Waals surface area (Å²) in [5.74, 6) is 0.202. The molecule has 140 valence electrons. The average molecular weight is 356 g/mol. The molecular formula is C20H28N4O2. The quantitative estimate of drug-likeness (QED) is 0.794. The fourth-order valence-corrected chi connectivity index (χ4v) is 3.55. The van der Waals surface area contributed by atoms with Crippen LogP contribution < -0.4 is 0 Å². The number of carbonyl (C=O) groups excluding carboxylic acids is 1. The number of carbonyl (C=O) groups is 1. The summed E-state index contributed by atoms with van der Waals surface area (Å²) in [5, 5.41) is 0. The number of imidazole rings is 1. The largest absolute Gasteiger partial charge is 0.371 e. The number of hydrogen-bond acceptors (Lipinski definition) is 4. The predicted molar refractivity (Wildman–Crippen MR) is 101 cm³/mol. The molecule has 0 spiro atoms. The van der Waals surface area contributed by atoms with Gasteiger partial charge in [-0.05, 0) is 12.5 Å². The first-order valence-corrected chi connectivity index (χ1v) is 9.00. The number of amides is 1. The zero-order chi connectivity index (χ0) is 18.7. The molecule has 1 amide bonds. The summed E-state index contributed by atoms with van der Waals surface area (Å²) < 4.78 is 7.82. The van der Waals surface area contributed by atoms with Gasteiger partial charge in [0.05, 0.1) is 18.6 Å². The molecule has 1 aromatic carbocycles. The van der Waals surface area contributed by atoms with Crippen LogP contribution in [0.15, 0.2) is 30.6 Å². The van der Waals surface area contributed by atoms with Gasteiger partial charge in [0, 0.05) is 52.4 Å². The van der Waals surface area contributed by atoms with Gasteiger partial charge in [-0.15, -0.1) is 0 Å². The monoisotopic (exact) mass is 356 g/mol. The summed E-state index contributed by atoms with van der Waals surface area (Å²) in [5.41, 5.74) is 4.92. The molecule has 2 aromatic rings. The number of likely N-dealkylation sites (N-methyl/N-ethyl adjacent to an activating group) is 1. The van der Waals surface area contributed by atoms with Crippen molar-refractivity contribution in [2.75, 3.05) is 33.9 Å². The normalized spacial score (nSPS) is 17.2. The number of aromatic nitrogens is 2. The number of fused-ring (bicyclic) bond motifs is 1. The molecule has 0 fully saturated rings. The molecular weight excluding hydrogens is 328 g/mol. The van der Waals surface area contributed by atoms with Gasteiger partial charge >= 0.3 is 0 Å². The van der Waals surface area contributed by atoms with Crippen LogP contribution in [0.5, 0.6) is 0 Å². The van der Waals surface area contributed by atoms with Crippen LogP contribution in [0.2, 0.25) is 0 Å². The highest BCUT2D eigenvalue weighted by Gasteiger charge is 2.29. The van der Waals surface area contributed by atoms with Crippen molar-refractivity contribution in [1.29, 1.82) is 0 Å². The SMILES string of the molecule is Cc1cccc(CN2Cc3ncn(C)c3C(COCC(=O)N(C)C)C2)c1. The van der Waals surface area contributed by atoms with Crippen LogP contribution in [0.4, 0.5) is 0 Å². The minimum absolute atomic E-state index is 0.0114. The number of nitrogens with zero attached hydrogens (tertiary/aromatic N) is 4. The van der Waals surface area contributed by atoms with Crippen molar-refractivity contribution in [3.8, 4) is 0 Å². The van der Waals surface area contributed by atoms with Crippen LogP contribution in [-0.4, -0.2) is 59.1 Å². The molecule has 0 N–H and O–H groups in total. The summed E-state index contributed by atoms with van der Waals surface area (Å²) in [7, 11) is 5.52. The van der Waals surface area contributed by atoms with Crippen LogP contribution in [0.3, 0.4) is 0 Å². The second-order valence-electron chi connectivity index (χ2n) is 7.35. The van der Waals surface area contributed by atoms with Crippen molar-refractivity contribution in [1.82, 2.24) is 19.4 Å². The number of aryl methyl sites for hydroxylation is 2. The van der Waals surface area contributed by atoms with Crippen molar-refractivity contribution in [3.05, 3.63) is 53.1 Å².